The van der Waals surface area contributed by atoms with Gasteiger partial charge in [0.25, 0.3) is 0 Å². The molecule has 0 N–H and O–H groups in total. The summed E-state index contributed by atoms with van der Waals surface area (Å²) in [5.41, 5.74) is 5.59. The molecule has 0 heterocycles. The molecule has 0 atom stereocenters. The van der Waals surface area contributed by atoms with Crippen LogP contribution in [0.4, 0.5) is 17.1 Å². The van der Waals surface area contributed by atoms with Gasteiger partial charge in [-0.1, -0.05) is 156 Å². The van der Waals surface area contributed by atoms with Gasteiger partial charge in [-0.2, -0.15) is 0 Å². The molecular weight excluding hydrogens is 1190 g/mol. The van der Waals surface area contributed by atoms with Crippen LogP contribution in [0.2, 0.25) is 0 Å². The number of nitrogens with zero attached hydrogens (tertiary/aromatic N) is 3. The van der Waals surface area contributed by atoms with Crippen LogP contribution in [0.5, 0.6) is 51.7 Å². The minimum absolute atomic E-state index is 0.439. The largest absolute Gasteiger partial charge is 0.494 e. The van der Waals surface area contributed by atoms with Gasteiger partial charge in [-0.15, -0.1) is 0 Å². The lowest BCUT2D eigenvalue weighted by atomic mass is 10.1. The Bertz CT molecular complexity index is 2820. The fourth-order valence-electron chi connectivity index (χ4n) is 10.7. The summed E-state index contributed by atoms with van der Waals surface area (Å²) in [5.74, 6) is 6.95. The highest BCUT2D eigenvalue weighted by atomic mass is 16.5. The van der Waals surface area contributed by atoms with Crippen LogP contribution in [0, 0.1) is 0 Å². The molecule has 12 heteroatoms. The Kier molecular flexibility index (Phi) is 37.9. The monoisotopic (exact) mass is 1310 g/mol. The minimum atomic E-state index is 0.439. The molecule has 0 saturated carbocycles. The first-order valence-electron chi connectivity index (χ1n) is 36.5. The summed E-state index contributed by atoms with van der Waals surface area (Å²) < 4.78 is 55.1. The van der Waals surface area contributed by atoms with Crippen LogP contribution in [0.3, 0.4) is 0 Å². The van der Waals surface area contributed by atoms with Gasteiger partial charge in [0.2, 0.25) is 0 Å². The molecular formula is C84H111N3O9. The molecule has 0 spiro atoms. The number of rotatable bonds is 54. The molecule has 0 fully saturated rings. The molecule has 0 aliphatic heterocycles. The molecule has 0 aliphatic carbocycles. The predicted octanol–water partition coefficient (Wildman–Crippen LogP) is 23.0. The molecule has 7 rings (SSSR count). The third-order valence-electron chi connectivity index (χ3n) is 16.4. The Balaban J connectivity index is 0.815. The van der Waals surface area contributed by atoms with Gasteiger partial charge in [-0.25, -0.2) is 0 Å². The van der Waals surface area contributed by atoms with Crippen molar-refractivity contribution in [2.24, 2.45) is 15.0 Å². The van der Waals surface area contributed by atoms with E-state index in [-0.39, 0.29) is 0 Å². The average Bonchev–Trinajstić information content (AvgIpc) is 1.34. The number of aliphatic imine (C=N–C) groups is 3. The van der Waals surface area contributed by atoms with Crippen LogP contribution in [-0.4, -0.2) is 78.1 Å². The molecule has 0 unspecified atom stereocenters. The molecule has 0 saturated heterocycles. The van der Waals surface area contributed by atoms with E-state index < -0.39 is 0 Å². The fourth-order valence-corrected chi connectivity index (χ4v) is 10.7. The Morgan fingerprint density at radius 2 is 0.375 bits per heavy atom. The first kappa shape index (κ1) is 75.1. The molecule has 0 radical (unpaired) electrons. The third kappa shape index (κ3) is 33.4. The SMILES string of the molecule is CCCCCCCCCCOc1ccc(C=Nc2ccc(OCCCOc3cc(OCCCOc4ccc(N=Cc5ccc(OCCCCCCCCCC)cc5)cc4)cc(OCCCOc4ccc(N=Cc5ccc(OCCCCCCCCCC)cc5)cc4)c3)cc2)cc1. The van der Waals surface area contributed by atoms with Gasteiger partial charge in [-0.05, 0) is 182 Å². The molecule has 0 aromatic heterocycles. The highest BCUT2D eigenvalue weighted by Crippen LogP contribution is 2.30. The smallest absolute Gasteiger partial charge is 0.126 e. The Morgan fingerprint density at radius 3 is 0.594 bits per heavy atom. The van der Waals surface area contributed by atoms with Crippen LogP contribution < -0.4 is 42.6 Å². The van der Waals surface area contributed by atoms with Crippen LogP contribution >= 0.6 is 0 Å². The summed E-state index contributed by atoms with van der Waals surface area (Å²) in [6.45, 7) is 11.8. The maximum Gasteiger partial charge on any atom is 0.126 e. The van der Waals surface area contributed by atoms with Crippen LogP contribution in [0.15, 0.2) is 179 Å². The zero-order valence-corrected chi connectivity index (χ0v) is 58.3. The van der Waals surface area contributed by atoms with Crippen molar-refractivity contribution in [2.75, 3.05) is 59.5 Å². The van der Waals surface area contributed by atoms with Gasteiger partial charge in [0.1, 0.15) is 51.7 Å². The molecule has 7 aromatic rings. The molecule has 7 aromatic carbocycles. The molecule has 12 nitrogen and oxygen atoms in total. The van der Waals surface area contributed by atoms with E-state index in [9.17, 15) is 0 Å². The van der Waals surface area contributed by atoms with Crippen molar-refractivity contribution in [3.63, 3.8) is 0 Å². The predicted molar refractivity (Wildman–Crippen MR) is 398 cm³/mol. The first-order valence-corrected chi connectivity index (χ1v) is 36.5. The van der Waals surface area contributed by atoms with Crippen molar-refractivity contribution in [1.29, 1.82) is 0 Å². The van der Waals surface area contributed by atoms with E-state index >= 15 is 0 Å². The highest BCUT2D eigenvalue weighted by molar-refractivity contribution is 5.83. The Labute approximate surface area is 576 Å². The van der Waals surface area contributed by atoms with Crippen LogP contribution in [0.1, 0.15) is 211 Å². The highest BCUT2D eigenvalue weighted by Gasteiger charge is 2.09. The lowest BCUT2D eigenvalue weighted by Gasteiger charge is -2.14. The van der Waals surface area contributed by atoms with Crippen molar-refractivity contribution in [2.45, 2.75) is 194 Å². The van der Waals surface area contributed by atoms with Gasteiger partial charge in [-0.3, -0.25) is 15.0 Å². The van der Waals surface area contributed by atoms with Gasteiger partial charge >= 0.3 is 0 Å². The summed E-state index contributed by atoms with van der Waals surface area (Å²) in [6, 6.07) is 53.5. The second kappa shape index (κ2) is 48.4. The molecule has 96 heavy (non-hydrogen) atoms. The minimum Gasteiger partial charge on any atom is -0.494 e. The molecule has 516 valence electrons. The van der Waals surface area contributed by atoms with E-state index in [1.807, 2.05) is 182 Å². The fraction of sp³-hybridized carbons (Fsp3) is 0.464. The van der Waals surface area contributed by atoms with E-state index in [1.165, 1.54) is 135 Å². The summed E-state index contributed by atoms with van der Waals surface area (Å²) >= 11 is 0. The molecule has 0 aliphatic rings. The Morgan fingerprint density at radius 1 is 0.198 bits per heavy atom. The van der Waals surface area contributed by atoms with Crippen molar-refractivity contribution in [1.82, 2.24) is 0 Å². The maximum atomic E-state index is 6.28. The van der Waals surface area contributed by atoms with Gasteiger partial charge in [0.05, 0.1) is 76.5 Å². The summed E-state index contributed by atoms with van der Waals surface area (Å²) in [6.07, 6.45) is 38.5. The Hall–Kier alpha value is -8.25. The number of unbranched alkanes of at least 4 members (excludes halogenated alkanes) is 21. The van der Waals surface area contributed by atoms with Gasteiger partial charge in [0, 0.05) is 56.1 Å². The maximum absolute atomic E-state index is 6.28. The zero-order valence-electron chi connectivity index (χ0n) is 58.3. The van der Waals surface area contributed by atoms with Crippen molar-refractivity contribution < 1.29 is 42.6 Å². The van der Waals surface area contributed by atoms with Crippen LogP contribution in [0.25, 0.3) is 0 Å². The zero-order chi connectivity index (χ0) is 66.8. The first-order chi connectivity index (χ1) is 47.5. The quantitative estimate of drug-likeness (QED) is 0.0271. The summed E-state index contributed by atoms with van der Waals surface area (Å²) in [4.78, 5) is 14.0. The number of ether oxygens (including phenoxy) is 9. The van der Waals surface area contributed by atoms with E-state index in [4.69, 9.17) is 42.6 Å². The van der Waals surface area contributed by atoms with E-state index in [0.29, 0.717) is 76.2 Å². The normalized spacial score (nSPS) is 11.4. The second-order valence-electron chi connectivity index (χ2n) is 24.7. The topological polar surface area (TPSA) is 120 Å². The van der Waals surface area contributed by atoms with Crippen LogP contribution in [-0.2, 0) is 0 Å². The van der Waals surface area contributed by atoms with E-state index in [2.05, 4.69) is 35.7 Å². The summed E-state index contributed by atoms with van der Waals surface area (Å²) in [5, 5.41) is 0. The van der Waals surface area contributed by atoms with E-state index in [1.54, 1.807) is 0 Å². The van der Waals surface area contributed by atoms with Crippen molar-refractivity contribution in [3.05, 3.63) is 180 Å². The lowest BCUT2D eigenvalue weighted by molar-refractivity contribution is 0.233. The van der Waals surface area contributed by atoms with Crippen molar-refractivity contribution in [3.8, 4) is 51.7 Å². The molecule has 0 bridgehead atoms. The number of hydrogen-bond donors (Lipinski definition) is 0. The molecule has 0 amide bonds. The second-order valence-corrected chi connectivity index (χ2v) is 24.7. The number of benzene rings is 7. The summed E-state index contributed by atoms with van der Waals surface area (Å²) in [7, 11) is 0. The lowest BCUT2D eigenvalue weighted by Crippen LogP contribution is -2.08. The van der Waals surface area contributed by atoms with Gasteiger partial charge < -0.3 is 42.6 Å². The van der Waals surface area contributed by atoms with Gasteiger partial charge in [0.15, 0.2) is 0 Å². The van der Waals surface area contributed by atoms with E-state index in [0.717, 1.165) is 107 Å². The number of hydrogen-bond acceptors (Lipinski definition) is 12. The van der Waals surface area contributed by atoms with Crippen molar-refractivity contribution >= 4 is 35.7 Å². The third-order valence-corrected chi connectivity index (χ3v) is 16.4. The average molecular weight is 1310 g/mol. The standard InChI is InChI=1S/C84H111N3O9/c1-4-7-10-13-16-19-22-25-55-88-76-43-31-70(32-44-76)67-85-73-37-49-79(50-38-73)91-58-28-61-94-82-64-83(95-62-29-59-92-80-51-39-74(40-52-80)86-68-71-33-45-77(46-34-71)89-56-26-23-20-17-14-11-8-5-2)66-84(65-82)96-63-30-60-93-81-53-41-75(42-54-81)87-69-72-35-47-78(48-36-72)90-57-27-24-21-18-15-12-9-6-3/h31-54,64-69H,4-30,55-63H2,1-3H3.